The summed E-state index contributed by atoms with van der Waals surface area (Å²) in [5.41, 5.74) is 1.27. The number of aromatic nitrogens is 5. The molecule has 8 heteroatoms. The highest BCUT2D eigenvalue weighted by Crippen LogP contribution is 2.17. The van der Waals surface area contributed by atoms with E-state index in [9.17, 15) is 4.79 Å². The van der Waals surface area contributed by atoms with Gasteiger partial charge in [0.2, 0.25) is 0 Å². The van der Waals surface area contributed by atoms with Crippen molar-refractivity contribution in [3.05, 3.63) is 77.9 Å². The van der Waals surface area contributed by atoms with Gasteiger partial charge in [0, 0.05) is 18.5 Å². The van der Waals surface area contributed by atoms with E-state index in [1.165, 1.54) is 0 Å². The van der Waals surface area contributed by atoms with Crippen molar-refractivity contribution in [2.75, 3.05) is 5.32 Å². The number of rotatable bonds is 5. The van der Waals surface area contributed by atoms with Gasteiger partial charge in [-0.3, -0.25) is 4.79 Å². The van der Waals surface area contributed by atoms with Crippen molar-refractivity contribution in [2.24, 2.45) is 0 Å². The number of hydrogen-bond acceptors (Lipinski definition) is 5. The molecule has 0 saturated heterocycles. The number of carbonyl (C=O) groups excluding carboxylic acids is 1. The minimum atomic E-state index is -0.402. The lowest BCUT2D eigenvalue weighted by atomic mass is 10.2. The van der Waals surface area contributed by atoms with Gasteiger partial charge in [-0.05, 0) is 24.6 Å². The van der Waals surface area contributed by atoms with Crippen LogP contribution >= 0.6 is 0 Å². The van der Waals surface area contributed by atoms with Crippen LogP contribution in [0.1, 0.15) is 21.8 Å². The fourth-order valence-electron chi connectivity index (χ4n) is 2.65. The summed E-state index contributed by atoms with van der Waals surface area (Å²) in [5.74, 6) is 1.13. The first kappa shape index (κ1) is 15.8. The van der Waals surface area contributed by atoms with Crippen LogP contribution in [0.2, 0.25) is 0 Å². The minimum absolute atomic E-state index is 0.206. The van der Waals surface area contributed by atoms with Gasteiger partial charge in [0.15, 0.2) is 17.3 Å². The van der Waals surface area contributed by atoms with Crippen LogP contribution in [0.15, 0.2) is 65.4 Å². The molecule has 1 amide bonds. The topological polar surface area (TPSA) is 90.8 Å². The Kier molecular flexibility index (Phi) is 4.06. The van der Waals surface area contributed by atoms with Crippen LogP contribution in [0.25, 0.3) is 5.82 Å². The second-order valence-corrected chi connectivity index (χ2v) is 5.77. The molecule has 1 aromatic carbocycles. The van der Waals surface area contributed by atoms with Gasteiger partial charge < -0.3 is 14.4 Å². The van der Waals surface area contributed by atoms with Crippen LogP contribution in [0.4, 0.5) is 5.82 Å². The van der Waals surface area contributed by atoms with Crippen molar-refractivity contribution >= 4 is 11.7 Å². The highest BCUT2D eigenvalue weighted by atomic mass is 16.5. The lowest BCUT2D eigenvalue weighted by Gasteiger charge is -2.09. The summed E-state index contributed by atoms with van der Waals surface area (Å²) >= 11 is 0. The van der Waals surface area contributed by atoms with E-state index in [1.54, 1.807) is 17.7 Å². The smallest absolute Gasteiger partial charge is 0.281 e. The van der Waals surface area contributed by atoms with Crippen LogP contribution in [-0.2, 0) is 6.54 Å². The summed E-state index contributed by atoms with van der Waals surface area (Å²) in [6, 6.07) is 15.3. The molecule has 4 rings (SSSR count). The first-order valence-corrected chi connectivity index (χ1v) is 8.06. The molecule has 0 bridgehead atoms. The largest absolute Gasteiger partial charge is 0.360 e. The van der Waals surface area contributed by atoms with Gasteiger partial charge in [-0.2, -0.15) is 0 Å². The number of nitrogens with zero attached hydrogens (tertiary/aromatic N) is 5. The molecule has 0 aliphatic carbocycles. The molecule has 1 N–H and O–H groups in total. The monoisotopic (exact) mass is 348 g/mol. The molecule has 0 aliphatic rings. The van der Waals surface area contributed by atoms with E-state index in [0.29, 0.717) is 23.9 Å². The standard InChI is InChI=1S/C18H16N6O2/c1-13-11-15(21-26-13)19-17(25)16-18(23-9-5-6-10-23)24(22-20-16)12-14-7-3-2-4-8-14/h2-11H,12H2,1H3,(H,19,21,25). The van der Waals surface area contributed by atoms with Gasteiger partial charge in [-0.1, -0.05) is 40.7 Å². The third kappa shape index (κ3) is 3.12. The number of benzene rings is 1. The molecule has 8 nitrogen and oxygen atoms in total. The zero-order valence-electron chi connectivity index (χ0n) is 14.0. The van der Waals surface area contributed by atoms with Crippen molar-refractivity contribution in [2.45, 2.75) is 13.5 Å². The Morgan fingerprint density at radius 2 is 1.92 bits per heavy atom. The SMILES string of the molecule is Cc1cc(NC(=O)c2nnn(Cc3ccccc3)c2-n2cccc2)no1. The Morgan fingerprint density at radius 3 is 2.62 bits per heavy atom. The van der Waals surface area contributed by atoms with Gasteiger partial charge in [0.1, 0.15) is 5.76 Å². The normalized spacial score (nSPS) is 10.8. The van der Waals surface area contributed by atoms with Crippen molar-refractivity contribution in [1.82, 2.24) is 24.7 Å². The van der Waals surface area contributed by atoms with Crippen LogP contribution in [0.5, 0.6) is 0 Å². The molecule has 0 atom stereocenters. The van der Waals surface area contributed by atoms with Crippen LogP contribution in [0.3, 0.4) is 0 Å². The summed E-state index contributed by atoms with van der Waals surface area (Å²) in [4.78, 5) is 12.7. The molecule has 0 spiro atoms. The van der Waals surface area contributed by atoms with E-state index in [2.05, 4.69) is 20.8 Å². The molecule has 3 heterocycles. The first-order chi connectivity index (χ1) is 12.7. The highest BCUT2D eigenvalue weighted by Gasteiger charge is 2.22. The molecule has 130 valence electrons. The van der Waals surface area contributed by atoms with Crippen LogP contribution in [-0.4, -0.2) is 30.6 Å². The summed E-state index contributed by atoms with van der Waals surface area (Å²) in [7, 11) is 0. The maximum Gasteiger partial charge on any atom is 0.281 e. The van der Waals surface area contributed by atoms with Crippen LogP contribution in [0, 0.1) is 6.92 Å². The van der Waals surface area contributed by atoms with Crippen molar-refractivity contribution in [1.29, 1.82) is 0 Å². The molecule has 3 aromatic heterocycles. The third-order valence-corrected chi connectivity index (χ3v) is 3.82. The van der Waals surface area contributed by atoms with Gasteiger partial charge in [-0.25, -0.2) is 4.68 Å². The maximum absolute atomic E-state index is 12.7. The fraction of sp³-hybridized carbons (Fsp3) is 0.111. The van der Waals surface area contributed by atoms with E-state index in [1.807, 2.05) is 59.4 Å². The van der Waals surface area contributed by atoms with E-state index in [4.69, 9.17) is 4.52 Å². The summed E-state index contributed by atoms with van der Waals surface area (Å²) < 4.78 is 8.48. The lowest BCUT2D eigenvalue weighted by molar-refractivity contribution is 0.102. The predicted octanol–water partition coefficient (Wildman–Crippen LogP) is 2.67. The highest BCUT2D eigenvalue weighted by molar-refractivity contribution is 6.04. The van der Waals surface area contributed by atoms with E-state index in [-0.39, 0.29) is 5.69 Å². The minimum Gasteiger partial charge on any atom is -0.360 e. The average Bonchev–Trinajstić information content (AvgIpc) is 3.37. The quantitative estimate of drug-likeness (QED) is 0.599. The first-order valence-electron chi connectivity index (χ1n) is 8.06. The second-order valence-electron chi connectivity index (χ2n) is 5.77. The molecular formula is C18H16N6O2. The average molecular weight is 348 g/mol. The molecule has 0 aliphatic heterocycles. The number of aryl methyl sites for hydroxylation is 1. The Hall–Kier alpha value is -3.68. The zero-order valence-corrected chi connectivity index (χ0v) is 14.0. The zero-order chi connectivity index (χ0) is 17.9. The van der Waals surface area contributed by atoms with E-state index in [0.717, 1.165) is 5.56 Å². The molecule has 0 saturated carbocycles. The number of hydrogen-bond donors (Lipinski definition) is 1. The van der Waals surface area contributed by atoms with Crippen molar-refractivity contribution in [3.8, 4) is 5.82 Å². The van der Waals surface area contributed by atoms with E-state index >= 15 is 0 Å². The molecule has 0 fully saturated rings. The Balaban J connectivity index is 1.69. The summed E-state index contributed by atoms with van der Waals surface area (Å²) in [6.45, 7) is 2.25. The Morgan fingerprint density at radius 1 is 1.15 bits per heavy atom. The maximum atomic E-state index is 12.7. The Labute approximate surface area is 149 Å². The third-order valence-electron chi connectivity index (χ3n) is 3.82. The number of carbonyl (C=O) groups is 1. The lowest BCUT2D eigenvalue weighted by Crippen LogP contribution is -2.16. The van der Waals surface area contributed by atoms with Gasteiger partial charge in [0.05, 0.1) is 6.54 Å². The van der Waals surface area contributed by atoms with Gasteiger partial charge >= 0.3 is 0 Å². The number of nitrogens with one attached hydrogen (secondary N) is 1. The Bertz CT molecular complexity index is 1020. The predicted molar refractivity (Wildman–Crippen MR) is 94.1 cm³/mol. The molecule has 4 aromatic rings. The summed E-state index contributed by atoms with van der Waals surface area (Å²) in [6.07, 6.45) is 3.69. The molecule has 0 radical (unpaired) electrons. The van der Waals surface area contributed by atoms with Crippen LogP contribution < -0.4 is 5.32 Å². The van der Waals surface area contributed by atoms with Crippen molar-refractivity contribution in [3.63, 3.8) is 0 Å². The van der Waals surface area contributed by atoms with Gasteiger partial charge in [0.25, 0.3) is 5.91 Å². The molecule has 0 unspecified atom stereocenters. The summed E-state index contributed by atoms with van der Waals surface area (Å²) in [5, 5.41) is 14.7. The van der Waals surface area contributed by atoms with E-state index < -0.39 is 5.91 Å². The number of amides is 1. The van der Waals surface area contributed by atoms with Gasteiger partial charge in [-0.15, -0.1) is 5.10 Å². The second kappa shape index (κ2) is 6.67. The molecule has 26 heavy (non-hydrogen) atoms. The number of anilines is 1. The van der Waals surface area contributed by atoms with Crippen molar-refractivity contribution < 1.29 is 9.32 Å². The molecular weight excluding hydrogens is 332 g/mol. The fourth-order valence-corrected chi connectivity index (χ4v) is 2.65.